The molecule has 5 nitrogen and oxygen atoms in total. The van der Waals surface area contributed by atoms with Crippen molar-refractivity contribution in [3.63, 3.8) is 0 Å². The Hall–Kier alpha value is -1.26. The van der Waals surface area contributed by atoms with Crippen molar-refractivity contribution in [2.75, 3.05) is 6.54 Å². The Morgan fingerprint density at radius 2 is 1.94 bits per heavy atom. The van der Waals surface area contributed by atoms with Crippen LogP contribution in [-0.2, 0) is 9.53 Å². The van der Waals surface area contributed by atoms with Gasteiger partial charge in [-0.25, -0.2) is 4.79 Å². The van der Waals surface area contributed by atoms with Gasteiger partial charge in [0.15, 0.2) is 0 Å². The number of carbonyl (C=O) groups is 2. The number of rotatable bonds is 1. The Labute approximate surface area is 95.9 Å². The largest absolute Gasteiger partial charge is 0.444 e. The first-order chi connectivity index (χ1) is 7.22. The molecule has 0 aliphatic carbocycles. The van der Waals surface area contributed by atoms with Crippen LogP contribution in [0.4, 0.5) is 4.79 Å². The highest BCUT2D eigenvalue weighted by Crippen LogP contribution is 2.25. The highest BCUT2D eigenvalue weighted by molar-refractivity contribution is 5.79. The lowest BCUT2D eigenvalue weighted by atomic mass is 10.0. The van der Waals surface area contributed by atoms with Crippen LogP contribution >= 0.6 is 0 Å². The number of carbonyl (C=O) groups excluding carboxylic acids is 2. The van der Waals surface area contributed by atoms with Crippen molar-refractivity contribution in [1.82, 2.24) is 4.90 Å². The Morgan fingerprint density at radius 3 is 2.31 bits per heavy atom. The first kappa shape index (κ1) is 12.8. The smallest absolute Gasteiger partial charge is 0.410 e. The number of hydrogen-bond donors (Lipinski definition) is 1. The Balaban J connectivity index is 2.63. The molecule has 92 valence electrons. The predicted molar refractivity (Wildman–Crippen MR) is 59.7 cm³/mol. The quantitative estimate of drug-likeness (QED) is 0.730. The van der Waals surface area contributed by atoms with Gasteiger partial charge < -0.3 is 15.4 Å². The zero-order valence-corrected chi connectivity index (χ0v) is 10.3. The number of ether oxygens (including phenoxy) is 1. The lowest BCUT2D eigenvalue weighted by Crippen LogP contribution is -2.42. The molecule has 0 aromatic heterocycles. The Morgan fingerprint density at radius 1 is 1.38 bits per heavy atom. The van der Waals surface area contributed by atoms with E-state index in [9.17, 15) is 9.59 Å². The van der Waals surface area contributed by atoms with Crippen molar-refractivity contribution in [1.29, 1.82) is 0 Å². The standard InChI is InChI=1S/C11H20N2O3/c1-7-8(9(12)14)5-6-13(7)10(15)16-11(2,3)4/h7-8H,5-6H2,1-4H3,(H2,12,14)/t7-,8-/m1/s1. The van der Waals surface area contributed by atoms with Crippen molar-refractivity contribution in [3.8, 4) is 0 Å². The summed E-state index contributed by atoms with van der Waals surface area (Å²) in [6.07, 6.45) is 0.249. The molecule has 16 heavy (non-hydrogen) atoms. The molecular weight excluding hydrogens is 208 g/mol. The predicted octanol–water partition coefficient (Wildman–Crippen LogP) is 1.12. The van der Waals surface area contributed by atoms with Crippen molar-refractivity contribution < 1.29 is 14.3 Å². The molecule has 1 rings (SSSR count). The van der Waals surface area contributed by atoms with Gasteiger partial charge in [-0.1, -0.05) is 0 Å². The van der Waals surface area contributed by atoms with Gasteiger partial charge in [-0.2, -0.15) is 0 Å². The molecule has 2 atom stereocenters. The van der Waals surface area contributed by atoms with E-state index in [4.69, 9.17) is 10.5 Å². The first-order valence-electron chi connectivity index (χ1n) is 5.51. The second-order valence-corrected chi connectivity index (χ2v) is 5.21. The van der Waals surface area contributed by atoms with Crippen molar-refractivity contribution in [2.24, 2.45) is 11.7 Å². The molecule has 0 bridgehead atoms. The molecule has 5 heteroatoms. The van der Waals surface area contributed by atoms with Crippen LogP contribution in [0.5, 0.6) is 0 Å². The average molecular weight is 228 g/mol. The first-order valence-corrected chi connectivity index (χ1v) is 5.51. The third kappa shape index (κ3) is 2.87. The van der Waals surface area contributed by atoms with Crippen LogP contribution < -0.4 is 5.73 Å². The zero-order chi connectivity index (χ0) is 12.5. The summed E-state index contributed by atoms with van der Waals surface area (Å²) in [6.45, 7) is 7.81. The molecule has 1 aliphatic rings. The third-order valence-corrected chi connectivity index (χ3v) is 2.75. The fourth-order valence-corrected chi connectivity index (χ4v) is 1.90. The van der Waals surface area contributed by atoms with Gasteiger partial charge in [0.1, 0.15) is 5.60 Å². The average Bonchev–Trinajstić information content (AvgIpc) is 2.43. The molecule has 2 amide bonds. The van der Waals surface area contributed by atoms with E-state index in [0.29, 0.717) is 13.0 Å². The summed E-state index contributed by atoms with van der Waals surface area (Å²) >= 11 is 0. The second-order valence-electron chi connectivity index (χ2n) is 5.21. The van der Waals surface area contributed by atoms with E-state index in [2.05, 4.69) is 0 Å². The topological polar surface area (TPSA) is 72.6 Å². The molecule has 0 spiro atoms. The molecule has 1 saturated heterocycles. The highest BCUT2D eigenvalue weighted by Gasteiger charge is 2.38. The summed E-state index contributed by atoms with van der Waals surface area (Å²) in [5.74, 6) is -0.605. The van der Waals surface area contributed by atoms with Crippen molar-refractivity contribution >= 4 is 12.0 Å². The highest BCUT2D eigenvalue weighted by atomic mass is 16.6. The van der Waals surface area contributed by atoms with E-state index in [0.717, 1.165) is 0 Å². The molecule has 0 radical (unpaired) electrons. The summed E-state index contributed by atoms with van der Waals surface area (Å²) in [5.41, 5.74) is 4.75. The fourth-order valence-electron chi connectivity index (χ4n) is 1.90. The number of primary amides is 1. The van der Waals surface area contributed by atoms with Crippen LogP contribution in [0.15, 0.2) is 0 Å². The maximum Gasteiger partial charge on any atom is 0.410 e. The third-order valence-electron chi connectivity index (χ3n) is 2.75. The summed E-state index contributed by atoms with van der Waals surface area (Å²) in [6, 6.07) is -0.174. The number of nitrogens with two attached hydrogens (primary N) is 1. The van der Waals surface area contributed by atoms with Crippen LogP contribution in [-0.4, -0.2) is 35.1 Å². The molecule has 2 N–H and O–H groups in total. The van der Waals surface area contributed by atoms with Crippen molar-refractivity contribution in [3.05, 3.63) is 0 Å². The van der Waals surface area contributed by atoms with Crippen LogP contribution in [0, 0.1) is 5.92 Å². The van der Waals surface area contributed by atoms with Gasteiger partial charge in [0.25, 0.3) is 0 Å². The SMILES string of the molecule is C[C@@H]1[C@H](C(N)=O)CCN1C(=O)OC(C)(C)C. The molecule has 1 aliphatic heterocycles. The van der Waals surface area contributed by atoms with Gasteiger partial charge in [-0.3, -0.25) is 4.79 Å². The molecule has 1 heterocycles. The normalized spacial score (nSPS) is 25.6. The minimum atomic E-state index is -0.512. The van der Waals surface area contributed by atoms with Crippen LogP contribution in [0.25, 0.3) is 0 Å². The summed E-state index contributed by atoms with van der Waals surface area (Å²) < 4.78 is 5.25. The molecule has 0 aromatic rings. The number of amides is 2. The Kier molecular flexibility index (Phi) is 3.45. The lowest BCUT2D eigenvalue weighted by molar-refractivity contribution is -0.122. The number of hydrogen-bond acceptors (Lipinski definition) is 3. The monoisotopic (exact) mass is 228 g/mol. The Bertz CT molecular complexity index is 296. The van der Waals surface area contributed by atoms with Gasteiger partial charge in [0.05, 0.1) is 5.92 Å². The van der Waals surface area contributed by atoms with Gasteiger partial charge in [-0.05, 0) is 34.1 Å². The maximum atomic E-state index is 11.8. The summed E-state index contributed by atoms with van der Waals surface area (Å²) in [5, 5.41) is 0. The van der Waals surface area contributed by atoms with E-state index >= 15 is 0 Å². The van der Waals surface area contributed by atoms with E-state index in [-0.39, 0.29) is 24.0 Å². The summed E-state index contributed by atoms with van der Waals surface area (Å²) in [7, 11) is 0. The van der Waals surface area contributed by atoms with Crippen LogP contribution in [0.3, 0.4) is 0 Å². The van der Waals surface area contributed by atoms with Crippen molar-refractivity contribution in [2.45, 2.75) is 45.8 Å². The zero-order valence-electron chi connectivity index (χ0n) is 10.3. The lowest BCUT2D eigenvalue weighted by Gasteiger charge is -2.27. The second kappa shape index (κ2) is 4.31. The molecule has 0 unspecified atom stereocenters. The molecule has 1 fully saturated rings. The molecular formula is C11H20N2O3. The maximum absolute atomic E-state index is 11.8. The molecule has 0 aromatic carbocycles. The van der Waals surface area contributed by atoms with Gasteiger partial charge in [-0.15, -0.1) is 0 Å². The van der Waals surface area contributed by atoms with E-state index in [1.54, 1.807) is 4.90 Å². The minimum Gasteiger partial charge on any atom is -0.444 e. The van der Waals surface area contributed by atoms with Crippen LogP contribution in [0.2, 0.25) is 0 Å². The molecule has 0 saturated carbocycles. The van der Waals surface area contributed by atoms with Crippen LogP contribution in [0.1, 0.15) is 34.1 Å². The van der Waals surface area contributed by atoms with E-state index in [1.807, 2.05) is 27.7 Å². The van der Waals surface area contributed by atoms with Gasteiger partial charge in [0.2, 0.25) is 5.91 Å². The minimum absolute atomic E-state index is 0.174. The fraction of sp³-hybridized carbons (Fsp3) is 0.818. The van der Waals surface area contributed by atoms with E-state index < -0.39 is 5.60 Å². The number of nitrogens with zero attached hydrogens (tertiary/aromatic N) is 1. The number of likely N-dealkylation sites (tertiary alicyclic amines) is 1. The van der Waals surface area contributed by atoms with Gasteiger partial charge in [0, 0.05) is 12.6 Å². The summed E-state index contributed by atoms with van der Waals surface area (Å²) in [4.78, 5) is 24.5. The van der Waals surface area contributed by atoms with Gasteiger partial charge >= 0.3 is 6.09 Å². The van der Waals surface area contributed by atoms with E-state index in [1.165, 1.54) is 0 Å².